The number of benzene rings is 1. The van der Waals surface area contributed by atoms with Gasteiger partial charge in [-0.1, -0.05) is 36.1 Å². The van der Waals surface area contributed by atoms with Gasteiger partial charge in [0.25, 0.3) is 5.91 Å². The molecule has 2 heterocycles. The van der Waals surface area contributed by atoms with Crippen molar-refractivity contribution in [1.29, 1.82) is 0 Å². The molecule has 0 saturated carbocycles. The van der Waals surface area contributed by atoms with Crippen molar-refractivity contribution in [2.45, 2.75) is 0 Å². The standard InChI is InChI=1S/C14H11N3O2S2/c1-19-11-5-3-2-4-10(11)17-8-9(7-15-17)6-12-13(18)16-14(20)21-12/h2-8H,1H3,(H,16,18,20)/b12-6-. The lowest BCUT2D eigenvalue weighted by Gasteiger charge is -2.07. The second kappa shape index (κ2) is 5.71. The largest absolute Gasteiger partial charge is 0.494 e. The number of nitrogens with zero attached hydrogens (tertiary/aromatic N) is 2. The Bertz CT molecular complexity index is 752. The maximum Gasteiger partial charge on any atom is 0.263 e. The van der Waals surface area contributed by atoms with E-state index in [1.807, 2.05) is 30.5 Å². The molecule has 0 unspecified atom stereocenters. The number of hydrogen-bond donors (Lipinski definition) is 1. The lowest BCUT2D eigenvalue weighted by atomic mass is 10.3. The fourth-order valence-corrected chi connectivity index (χ4v) is 2.98. The van der Waals surface area contributed by atoms with Crippen LogP contribution in [0.5, 0.6) is 5.75 Å². The van der Waals surface area contributed by atoms with Crippen LogP contribution in [-0.2, 0) is 4.79 Å². The van der Waals surface area contributed by atoms with E-state index in [9.17, 15) is 4.79 Å². The van der Waals surface area contributed by atoms with Gasteiger partial charge in [-0.25, -0.2) is 4.68 Å². The summed E-state index contributed by atoms with van der Waals surface area (Å²) in [6.07, 6.45) is 5.28. The van der Waals surface area contributed by atoms with Crippen LogP contribution in [-0.4, -0.2) is 27.1 Å². The van der Waals surface area contributed by atoms with E-state index in [2.05, 4.69) is 10.4 Å². The number of thioether (sulfide) groups is 1. The van der Waals surface area contributed by atoms with Gasteiger partial charge in [-0.15, -0.1) is 0 Å². The van der Waals surface area contributed by atoms with Crippen molar-refractivity contribution in [1.82, 2.24) is 15.1 Å². The minimum atomic E-state index is -0.171. The molecule has 0 aliphatic carbocycles. The van der Waals surface area contributed by atoms with Crippen LogP contribution < -0.4 is 10.1 Å². The molecule has 1 fully saturated rings. The summed E-state index contributed by atoms with van der Waals surface area (Å²) in [5.41, 5.74) is 1.66. The van der Waals surface area contributed by atoms with Crippen molar-refractivity contribution in [2.24, 2.45) is 0 Å². The van der Waals surface area contributed by atoms with Crippen molar-refractivity contribution in [2.75, 3.05) is 7.11 Å². The summed E-state index contributed by atoms with van der Waals surface area (Å²) in [5.74, 6) is 0.559. The first kappa shape index (κ1) is 13.8. The molecule has 106 valence electrons. The SMILES string of the molecule is COc1ccccc1-n1cc(/C=C2\SC(=S)NC2=O)cn1. The first-order valence-corrected chi connectivity index (χ1v) is 7.33. The first-order chi connectivity index (χ1) is 10.2. The maximum atomic E-state index is 11.6. The number of aromatic nitrogens is 2. The molecule has 2 aromatic rings. The molecule has 1 aliphatic rings. The van der Waals surface area contributed by atoms with Crippen molar-refractivity contribution in [3.8, 4) is 11.4 Å². The van der Waals surface area contributed by atoms with Crippen LogP contribution in [0, 0.1) is 0 Å². The Morgan fingerprint density at radius 2 is 2.24 bits per heavy atom. The van der Waals surface area contributed by atoms with Crippen LogP contribution in [0.4, 0.5) is 0 Å². The van der Waals surface area contributed by atoms with Crippen LogP contribution >= 0.6 is 24.0 Å². The Hall–Kier alpha value is -2.12. The van der Waals surface area contributed by atoms with E-state index in [4.69, 9.17) is 17.0 Å². The summed E-state index contributed by atoms with van der Waals surface area (Å²) in [6, 6.07) is 7.59. The van der Waals surface area contributed by atoms with Crippen molar-refractivity contribution in [3.05, 3.63) is 47.1 Å². The van der Waals surface area contributed by atoms with Crippen LogP contribution in [0.3, 0.4) is 0 Å². The number of carbonyl (C=O) groups excluding carboxylic acids is 1. The molecule has 3 rings (SSSR count). The quantitative estimate of drug-likeness (QED) is 0.696. The van der Waals surface area contributed by atoms with E-state index in [1.54, 1.807) is 24.1 Å². The Kier molecular flexibility index (Phi) is 3.76. The zero-order valence-electron chi connectivity index (χ0n) is 11.1. The van der Waals surface area contributed by atoms with Crippen LogP contribution in [0.1, 0.15) is 5.56 Å². The summed E-state index contributed by atoms with van der Waals surface area (Å²) in [6.45, 7) is 0. The summed E-state index contributed by atoms with van der Waals surface area (Å²) >= 11 is 6.21. The zero-order valence-corrected chi connectivity index (χ0v) is 12.7. The lowest BCUT2D eigenvalue weighted by Crippen LogP contribution is -2.17. The van der Waals surface area contributed by atoms with Gasteiger partial charge in [-0.2, -0.15) is 5.10 Å². The highest BCUT2D eigenvalue weighted by atomic mass is 32.2. The first-order valence-electron chi connectivity index (χ1n) is 6.10. The molecule has 1 saturated heterocycles. The van der Waals surface area contributed by atoms with Crippen molar-refractivity contribution >= 4 is 40.3 Å². The van der Waals surface area contributed by atoms with E-state index in [0.717, 1.165) is 17.0 Å². The van der Waals surface area contributed by atoms with Gasteiger partial charge in [0, 0.05) is 11.8 Å². The molecule has 7 heteroatoms. The molecule has 1 aromatic carbocycles. The van der Waals surface area contributed by atoms with Crippen LogP contribution in [0.2, 0.25) is 0 Å². The second-order valence-electron chi connectivity index (χ2n) is 4.24. The highest BCUT2D eigenvalue weighted by Crippen LogP contribution is 2.26. The van der Waals surface area contributed by atoms with E-state index in [1.165, 1.54) is 11.8 Å². The number of carbonyl (C=O) groups is 1. The molecule has 1 aliphatic heterocycles. The minimum Gasteiger partial charge on any atom is -0.494 e. The van der Waals surface area contributed by atoms with Gasteiger partial charge in [-0.05, 0) is 18.2 Å². The number of para-hydroxylation sites is 2. The molecule has 0 radical (unpaired) electrons. The van der Waals surface area contributed by atoms with Crippen molar-refractivity contribution < 1.29 is 9.53 Å². The second-order valence-corrected chi connectivity index (χ2v) is 5.96. The van der Waals surface area contributed by atoms with E-state index < -0.39 is 0 Å². The third-order valence-corrected chi connectivity index (χ3v) is 4.04. The van der Waals surface area contributed by atoms with Crippen LogP contribution in [0.15, 0.2) is 41.6 Å². The summed E-state index contributed by atoms with van der Waals surface area (Å²) < 4.78 is 7.50. The number of thiocarbonyl (C=S) groups is 1. The molecule has 21 heavy (non-hydrogen) atoms. The smallest absolute Gasteiger partial charge is 0.263 e. The number of rotatable bonds is 3. The Morgan fingerprint density at radius 1 is 1.43 bits per heavy atom. The van der Waals surface area contributed by atoms with E-state index in [-0.39, 0.29) is 5.91 Å². The van der Waals surface area contributed by atoms with Gasteiger partial charge in [-0.3, -0.25) is 4.79 Å². The fraction of sp³-hybridized carbons (Fsp3) is 0.0714. The van der Waals surface area contributed by atoms with Gasteiger partial charge in [0.1, 0.15) is 15.8 Å². The van der Waals surface area contributed by atoms with E-state index >= 15 is 0 Å². The Balaban J connectivity index is 1.92. The third-order valence-electron chi connectivity index (χ3n) is 2.87. The molecule has 0 atom stereocenters. The van der Waals surface area contributed by atoms with Gasteiger partial charge >= 0.3 is 0 Å². The monoisotopic (exact) mass is 317 g/mol. The topological polar surface area (TPSA) is 56.1 Å². The zero-order chi connectivity index (χ0) is 14.8. The highest BCUT2D eigenvalue weighted by molar-refractivity contribution is 8.26. The third kappa shape index (κ3) is 2.84. The number of hydrogen-bond acceptors (Lipinski definition) is 5. The predicted molar refractivity (Wildman–Crippen MR) is 86.4 cm³/mol. The average Bonchev–Trinajstić information content (AvgIpc) is 3.06. The Morgan fingerprint density at radius 3 is 2.95 bits per heavy atom. The lowest BCUT2D eigenvalue weighted by molar-refractivity contribution is -0.115. The maximum absolute atomic E-state index is 11.6. The van der Waals surface area contributed by atoms with Gasteiger partial charge in [0.15, 0.2) is 0 Å². The summed E-state index contributed by atoms with van der Waals surface area (Å²) in [7, 11) is 1.62. The van der Waals surface area contributed by atoms with Gasteiger partial charge in [0.2, 0.25) is 0 Å². The van der Waals surface area contributed by atoms with Gasteiger partial charge in [0.05, 0.1) is 18.2 Å². The average molecular weight is 317 g/mol. The number of methoxy groups -OCH3 is 1. The number of nitrogens with one attached hydrogen (secondary N) is 1. The molecular formula is C14H11N3O2S2. The van der Waals surface area contributed by atoms with E-state index in [0.29, 0.717) is 9.23 Å². The predicted octanol–water partition coefficient (Wildman–Crippen LogP) is 2.37. The van der Waals surface area contributed by atoms with Gasteiger partial charge < -0.3 is 10.1 Å². The molecule has 0 bridgehead atoms. The molecule has 1 amide bonds. The minimum absolute atomic E-state index is 0.171. The summed E-state index contributed by atoms with van der Waals surface area (Å²) in [5, 5.41) is 6.88. The molecule has 5 nitrogen and oxygen atoms in total. The molecule has 0 spiro atoms. The number of ether oxygens (including phenoxy) is 1. The summed E-state index contributed by atoms with van der Waals surface area (Å²) in [4.78, 5) is 12.2. The Labute approximate surface area is 131 Å². The normalized spacial score (nSPS) is 16.3. The van der Waals surface area contributed by atoms with Crippen LogP contribution in [0.25, 0.3) is 11.8 Å². The van der Waals surface area contributed by atoms with Crippen molar-refractivity contribution in [3.63, 3.8) is 0 Å². The fourth-order valence-electron chi connectivity index (χ4n) is 1.93. The highest BCUT2D eigenvalue weighted by Gasteiger charge is 2.22. The molecule has 1 N–H and O–H groups in total. The molecular weight excluding hydrogens is 306 g/mol. The number of amides is 1. The molecule has 1 aromatic heterocycles.